The molecule has 9 heteroatoms. The van der Waals surface area contributed by atoms with E-state index in [0.29, 0.717) is 24.2 Å². The van der Waals surface area contributed by atoms with Crippen LogP contribution in [0.15, 0.2) is 46.5 Å². The van der Waals surface area contributed by atoms with Gasteiger partial charge in [0.25, 0.3) is 5.91 Å². The minimum atomic E-state index is -1.14. The maximum atomic E-state index is 12.8. The lowest BCUT2D eigenvalue weighted by atomic mass is 9.80. The summed E-state index contributed by atoms with van der Waals surface area (Å²) < 4.78 is 17.2. The van der Waals surface area contributed by atoms with Crippen LogP contribution in [0.1, 0.15) is 49.7 Å². The van der Waals surface area contributed by atoms with Crippen molar-refractivity contribution in [2.45, 2.75) is 63.7 Å². The Morgan fingerprint density at radius 3 is 2.03 bits per heavy atom. The standard InChI is InChI=1S/C29H33Cl2NO6/c1-36-23-14-18(16-38-21-7-4-8-21)15-24(37-2)25(23)20-11-9-17(10-12-20)13-22(29(34)35)32-28(33)26(27(30)31)19-5-3-6-19/h9-12,14-15,19,21-22H,3-8,13,16H2,1-2H3,(H,32,33)(H,34,35)/t22-/m0/s1. The first-order valence-corrected chi connectivity index (χ1v) is 13.6. The van der Waals surface area contributed by atoms with Gasteiger partial charge >= 0.3 is 5.97 Å². The molecule has 0 aromatic heterocycles. The molecule has 0 heterocycles. The predicted octanol–water partition coefficient (Wildman–Crippen LogP) is 6.04. The molecule has 0 radical (unpaired) electrons. The van der Waals surface area contributed by atoms with Crippen molar-refractivity contribution in [1.82, 2.24) is 5.32 Å². The highest BCUT2D eigenvalue weighted by atomic mass is 35.5. The predicted molar refractivity (Wildman–Crippen MR) is 147 cm³/mol. The summed E-state index contributed by atoms with van der Waals surface area (Å²) in [7, 11) is 3.23. The summed E-state index contributed by atoms with van der Waals surface area (Å²) in [5.74, 6) is -0.380. The largest absolute Gasteiger partial charge is 0.496 e. The molecule has 7 nitrogen and oxygen atoms in total. The molecule has 2 aliphatic carbocycles. The van der Waals surface area contributed by atoms with E-state index in [0.717, 1.165) is 54.4 Å². The van der Waals surface area contributed by atoms with Crippen molar-refractivity contribution >= 4 is 35.1 Å². The molecule has 2 aliphatic rings. The van der Waals surface area contributed by atoms with E-state index < -0.39 is 17.9 Å². The molecule has 1 atom stereocenters. The van der Waals surface area contributed by atoms with Crippen molar-refractivity contribution in [3.05, 3.63) is 57.6 Å². The summed E-state index contributed by atoms with van der Waals surface area (Å²) in [5.41, 5.74) is 3.63. The molecule has 1 amide bonds. The van der Waals surface area contributed by atoms with Gasteiger partial charge in [0.2, 0.25) is 0 Å². The summed E-state index contributed by atoms with van der Waals surface area (Å²) >= 11 is 11.9. The Balaban J connectivity index is 1.49. The normalized spacial score (nSPS) is 16.1. The van der Waals surface area contributed by atoms with E-state index >= 15 is 0 Å². The molecule has 0 bridgehead atoms. The lowest BCUT2D eigenvalue weighted by Gasteiger charge is -2.28. The Labute approximate surface area is 233 Å². The first-order chi connectivity index (χ1) is 18.3. The molecule has 38 heavy (non-hydrogen) atoms. The third kappa shape index (κ3) is 6.63. The average Bonchev–Trinajstić information content (AvgIpc) is 2.84. The number of carbonyl (C=O) groups is 2. The van der Waals surface area contributed by atoms with Gasteiger partial charge in [-0.2, -0.15) is 0 Å². The van der Waals surface area contributed by atoms with E-state index in [1.165, 1.54) is 6.42 Å². The molecule has 0 unspecified atom stereocenters. The van der Waals surface area contributed by atoms with Crippen LogP contribution in [0, 0.1) is 5.92 Å². The summed E-state index contributed by atoms with van der Waals surface area (Å²) in [4.78, 5) is 24.7. The van der Waals surface area contributed by atoms with Crippen LogP contribution >= 0.6 is 23.2 Å². The third-order valence-electron chi connectivity index (χ3n) is 7.35. The van der Waals surface area contributed by atoms with Gasteiger partial charge in [0.15, 0.2) is 0 Å². The molecule has 4 rings (SSSR count). The monoisotopic (exact) mass is 561 g/mol. The number of hydrogen-bond donors (Lipinski definition) is 2. The van der Waals surface area contributed by atoms with Gasteiger partial charge in [0.05, 0.1) is 38.1 Å². The Bertz CT molecular complexity index is 1160. The van der Waals surface area contributed by atoms with Crippen LogP contribution in [0.4, 0.5) is 0 Å². The van der Waals surface area contributed by atoms with Crippen molar-refractivity contribution in [2.24, 2.45) is 5.92 Å². The van der Waals surface area contributed by atoms with Gasteiger partial charge < -0.3 is 24.6 Å². The Morgan fingerprint density at radius 1 is 0.974 bits per heavy atom. The maximum absolute atomic E-state index is 12.8. The van der Waals surface area contributed by atoms with Crippen molar-refractivity contribution in [1.29, 1.82) is 0 Å². The van der Waals surface area contributed by atoms with Crippen LogP contribution in [0.3, 0.4) is 0 Å². The van der Waals surface area contributed by atoms with E-state index in [2.05, 4.69) is 5.32 Å². The summed E-state index contributed by atoms with van der Waals surface area (Å²) in [6.45, 7) is 0.492. The van der Waals surface area contributed by atoms with Gasteiger partial charge in [-0.15, -0.1) is 0 Å². The first kappa shape index (κ1) is 28.3. The van der Waals surface area contributed by atoms with Crippen molar-refractivity contribution in [3.8, 4) is 22.6 Å². The number of carbonyl (C=O) groups excluding carboxylic acids is 1. The van der Waals surface area contributed by atoms with Gasteiger partial charge in [0.1, 0.15) is 22.0 Å². The number of ether oxygens (including phenoxy) is 3. The SMILES string of the molecule is COc1cc(COC2CCC2)cc(OC)c1-c1ccc(C[C@H](NC(=O)C(=C(Cl)Cl)C2CCC2)C(=O)O)cc1. The third-order valence-corrected chi connectivity index (χ3v) is 7.76. The number of methoxy groups -OCH3 is 2. The van der Waals surface area contributed by atoms with E-state index in [4.69, 9.17) is 37.4 Å². The number of amides is 1. The molecule has 2 aromatic rings. The van der Waals surface area contributed by atoms with Crippen LogP contribution in [-0.4, -0.2) is 43.3 Å². The average molecular weight is 562 g/mol. The van der Waals surface area contributed by atoms with Gasteiger partial charge in [-0.3, -0.25) is 4.79 Å². The molecule has 2 fully saturated rings. The van der Waals surface area contributed by atoms with E-state index in [1.54, 1.807) is 14.2 Å². The molecular weight excluding hydrogens is 529 g/mol. The van der Waals surface area contributed by atoms with Gasteiger partial charge in [-0.05, 0) is 66.8 Å². The summed E-state index contributed by atoms with van der Waals surface area (Å²) in [6, 6.07) is 10.2. The highest BCUT2D eigenvalue weighted by Gasteiger charge is 2.31. The number of benzene rings is 2. The lowest BCUT2D eigenvalue weighted by molar-refractivity contribution is -0.141. The van der Waals surface area contributed by atoms with Crippen LogP contribution < -0.4 is 14.8 Å². The van der Waals surface area contributed by atoms with Crippen molar-refractivity contribution in [3.63, 3.8) is 0 Å². The Hall–Kier alpha value is -2.74. The minimum absolute atomic E-state index is 0.0325. The maximum Gasteiger partial charge on any atom is 0.326 e. The number of nitrogens with one attached hydrogen (secondary N) is 1. The minimum Gasteiger partial charge on any atom is -0.496 e. The number of halogens is 2. The second-order valence-electron chi connectivity index (χ2n) is 9.81. The van der Waals surface area contributed by atoms with Crippen LogP contribution in [0.25, 0.3) is 11.1 Å². The number of carboxylic acid groups (broad SMARTS) is 1. The number of aliphatic carboxylic acids is 1. The molecule has 204 valence electrons. The van der Waals surface area contributed by atoms with Crippen LogP contribution in [0.5, 0.6) is 11.5 Å². The molecule has 0 spiro atoms. The highest BCUT2D eigenvalue weighted by Crippen LogP contribution is 2.40. The number of hydrogen-bond acceptors (Lipinski definition) is 5. The lowest BCUT2D eigenvalue weighted by Crippen LogP contribution is -2.44. The fraction of sp³-hybridized carbons (Fsp3) is 0.448. The molecule has 2 saturated carbocycles. The zero-order valence-corrected chi connectivity index (χ0v) is 23.1. The summed E-state index contributed by atoms with van der Waals surface area (Å²) in [5, 5.41) is 12.4. The highest BCUT2D eigenvalue weighted by molar-refractivity contribution is 6.57. The molecule has 0 saturated heterocycles. The first-order valence-electron chi connectivity index (χ1n) is 12.8. The van der Waals surface area contributed by atoms with Gasteiger partial charge in [-0.25, -0.2) is 4.79 Å². The van der Waals surface area contributed by atoms with Crippen LogP contribution in [0.2, 0.25) is 0 Å². The second kappa shape index (κ2) is 12.9. The number of rotatable bonds is 12. The molecule has 2 aromatic carbocycles. The fourth-order valence-electron chi connectivity index (χ4n) is 4.69. The fourth-order valence-corrected chi connectivity index (χ4v) is 5.17. The molecule has 2 N–H and O–H groups in total. The zero-order chi connectivity index (χ0) is 27.2. The van der Waals surface area contributed by atoms with Gasteiger partial charge in [0, 0.05) is 6.42 Å². The topological polar surface area (TPSA) is 94.1 Å². The Kier molecular flexibility index (Phi) is 9.58. The molecule has 0 aliphatic heterocycles. The quantitative estimate of drug-likeness (QED) is 0.307. The van der Waals surface area contributed by atoms with Crippen molar-refractivity contribution in [2.75, 3.05) is 14.2 Å². The number of carboxylic acids is 1. The summed E-state index contributed by atoms with van der Waals surface area (Å²) in [6.07, 6.45) is 6.46. The molecular formula is C29H33Cl2NO6. The second-order valence-corrected chi connectivity index (χ2v) is 10.8. The van der Waals surface area contributed by atoms with Crippen molar-refractivity contribution < 1.29 is 28.9 Å². The van der Waals surface area contributed by atoms with E-state index in [1.807, 2.05) is 36.4 Å². The van der Waals surface area contributed by atoms with E-state index in [-0.39, 0.29) is 22.4 Å². The smallest absolute Gasteiger partial charge is 0.326 e. The zero-order valence-electron chi connectivity index (χ0n) is 21.6. The van der Waals surface area contributed by atoms with Gasteiger partial charge in [-0.1, -0.05) is 53.9 Å². The Morgan fingerprint density at radius 2 is 1.58 bits per heavy atom. The van der Waals surface area contributed by atoms with Crippen LogP contribution in [-0.2, 0) is 27.4 Å². The van der Waals surface area contributed by atoms with E-state index in [9.17, 15) is 14.7 Å².